The molecule has 1 aromatic heterocycles. The molecule has 0 unspecified atom stereocenters. The van der Waals surface area contributed by atoms with Gasteiger partial charge in [-0.25, -0.2) is 4.98 Å². The van der Waals surface area contributed by atoms with Gasteiger partial charge in [-0.15, -0.1) is 0 Å². The van der Waals surface area contributed by atoms with Gasteiger partial charge in [-0.3, -0.25) is 0 Å². The van der Waals surface area contributed by atoms with E-state index in [1.807, 2.05) is 6.20 Å². The lowest BCUT2D eigenvalue weighted by Gasteiger charge is -2.20. The van der Waals surface area contributed by atoms with Crippen LogP contribution in [0.4, 0.5) is 5.82 Å². The Morgan fingerprint density at radius 2 is 1.90 bits per heavy atom. The number of fused-ring (bicyclic) bond motifs is 1. The summed E-state index contributed by atoms with van der Waals surface area (Å²) in [5, 5.41) is 6.02. The number of hydrogen-bond donors (Lipinski definition) is 1. The smallest absolute Gasteiger partial charge is 0.136 e. The Labute approximate surface area is 122 Å². The van der Waals surface area contributed by atoms with Crippen molar-refractivity contribution in [2.75, 3.05) is 18.5 Å². The molecular weight excluding hydrogens is 246 g/mol. The third kappa shape index (κ3) is 3.28. The van der Waals surface area contributed by atoms with Crippen molar-refractivity contribution in [3.05, 3.63) is 36.0 Å². The highest BCUT2D eigenvalue weighted by atomic mass is 15.2. The minimum atomic E-state index is 0.483. The molecule has 0 radical (unpaired) electrons. The number of rotatable bonds is 6. The largest absolute Gasteiger partial charge is 0.359 e. The van der Waals surface area contributed by atoms with E-state index in [0.29, 0.717) is 6.04 Å². The lowest BCUT2D eigenvalue weighted by Crippen LogP contribution is -2.23. The summed E-state index contributed by atoms with van der Waals surface area (Å²) in [6, 6.07) is 9.04. The predicted octanol–water partition coefficient (Wildman–Crippen LogP) is 3.58. The summed E-state index contributed by atoms with van der Waals surface area (Å²) in [6.07, 6.45) is 3.14. The fourth-order valence-electron chi connectivity index (χ4n) is 2.44. The molecule has 0 amide bonds. The lowest BCUT2D eigenvalue weighted by atomic mass is 10.1. The molecule has 0 aliphatic rings. The summed E-state index contributed by atoms with van der Waals surface area (Å²) < 4.78 is 0. The number of benzene rings is 1. The van der Waals surface area contributed by atoms with Gasteiger partial charge < -0.3 is 10.2 Å². The van der Waals surface area contributed by atoms with Gasteiger partial charge >= 0.3 is 0 Å². The topological polar surface area (TPSA) is 28.2 Å². The second-order valence-corrected chi connectivity index (χ2v) is 5.61. The molecule has 20 heavy (non-hydrogen) atoms. The van der Waals surface area contributed by atoms with Crippen LogP contribution in [-0.4, -0.2) is 24.6 Å². The fraction of sp³-hybridized carbons (Fsp3) is 0.471. The third-order valence-electron chi connectivity index (χ3n) is 3.48. The molecule has 1 aromatic carbocycles. The molecule has 0 saturated heterocycles. The molecule has 0 saturated carbocycles. The molecule has 3 heteroatoms. The van der Waals surface area contributed by atoms with Crippen LogP contribution in [0.2, 0.25) is 0 Å². The summed E-state index contributed by atoms with van der Waals surface area (Å²) in [4.78, 5) is 6.93. The molecule has 0 bridgehead atoms. The van der Waals surface area contributed by atoms with Crippen molar-refractivity contribution >= 4 is 16.6 Å². The van der Waals surface area contributed by atoms with E-state index in [-0.39, 0.29) is 0 Å². The Morgan fingerprint density at radius 3 is 2.55 bits per heavy atom. The quantitative estimate of drug-likeness (QED) is 0.870. The fourth-order valence-corrected chi connectivity index (χ4v) is 2.44. The van der Waals surface area contributed by atoms with Crippen molar-refractivity contribution < 1.29 is 0 Å². The van der Waals surface area contributed by atoms with Crippen LogP contribution >= 0.6 is 0 Å². The van der Waals surface area contributed by atoms with Crippen molar-refractivity contribution in [1.82, 2.24) is 10.3 Å². The molecule has 0 atom stereocenters. The molecule has 2 aromatic rings. The van der Waals surface area contributed by atoms with Crippen molar-refractivity contribution in [3.63, 3.8) is 0 Å². The zero-order valence-corrected chi connectivity index (χ0v) is 13.0. The van der Waals surface area contributed by atoms with Gasteiger partial charge in [-0.2, -0.15) is 0 Å². The highest BCUT2D eigenvalue weighted by molar-refractivity contribution is 5.94. The summed E-state index contributed by atoms with van der Waals surface area (Å²) in [6.45, 7) is 8.42. The van der Waals surface area contributed by atoms with Crippen LogP contribution in [0.25, 0.3) is 10.8 Å². The predicted molar refractivity (Wildman–Crippen MR) is 87.3 cm³/mol. The first-order valence-electron chi connectivity index (χ1n) is 7.44. The standard InChI is InChI=1S/C17H25N3/c1-5-10-20(4)17-16-9-7-6-8-15(16)14(12-19-17)11-18-13(2)3/h6-9,12-13,18H,5,10-11H2,1-4H3. The first-order valence-corrected chi connectivity index (χ1v) is 7.44. The molecule has 2 rings (SSSR count). The van der Waals surface area contributed by atoms with Crippen LogP contribution in [-0.2, 0) is 6.54 Å². The van der Waals surface area contributed by atoms with Gasteiger partial charge in [0.2, 0.25) is 0 Å². The zero-order valence-electron chi connectivity index (χ0n) is 13.0. The van der Waals surface area contributed by atoms with E-state index in [1.165, 1.54) is 16.3 Å². The maximum Gasteiger partial charge on any atom is 0.136 e. The van der Waals surface area contributed by atoms with Crippen molar-refractivity contribution in [1.29, 1.82) is 0 Å². The number of nitrogens with zero attached hydrogens (tertiary/aromatic N) is 2. The van der Waals surface area contributed by atoms with E-state index in [2.05, 4.69) is 67.3 Å². The van der Waals surface area contributed by atoms with E-state index < -0.39 is 0 Å². The maximum atomic E-state index is 4.69. The van der Waals surface area contributed by atoms with Crippen LogP contribution in [0.5, 0.6) is 0 Å². The van der Waals surface area contributed by atoms with E-state index >= 15 is 0 Å². The second-order valence-electron chi connectivity index (χ2n) is 5.61. The molecule has 0 aliphatic heterocycles. The van der Waals surface area contributed by atoms with E-state index in [1.54, 1.807) is 0 Å². The lowest BCUT2D eigenvalue weighted by molar-refractivity contribution is 0.590. The second kappa shape index (κ2) is 6.71. The zero-order chi connectivity index (χ0) is 14.5. The summed E-state index contributed by atoms with van der Waals surface area (Å²) in [7, 11) is 2.12. The minimum Gasteiger partial charge on any atom is -0.359 e. The maximum absolute atomic E-state index is 4.69. The van der Waals surface area contributed by atoms with Crippen LogP contribution < -0.4 is 10.2 Å². The first-order chi connectivity index (χ1) is 9.63. The van der Waals surface area contributed by atoms with Gasteiger partial charge in [0.1, 0.15) is 5.82 Å². The number of nitrogens with one attached hydrogen (secondary N) is 1. The van der Waals surface area contributed by atoms with Gasteiger partial charge in [0.05, 0.1) is 0 Å². The molecule has 108 valence electrons. The average molecular weight is 271 g/mol. The molecule has 1 heterocycles. The number of pyridine rings is 1. The third-order valence-corrected chi connectivity index (χ3v) is 3.48. The Bertz CT molecular complexity index is 563. The van der Waals surface area contributed by atoms with Gasteiger partial charge in [-0.05, 0) is 17.4 Å². The molecule has 0 spiro atoms. The Morgan fingerprint density at radius 1 is 1.20 bits per heavy atom. The van der Waals surface area contributed by atoms with E-state index in [9.17, 15) is 0 Å². The van der Waals surface area contributed by atoms with E-state index in [4.69, 9.17) is 0 Å². The Hall–Kier alpha value is -1.61. The summed E-state index contributed by atoms with van der Waals surface area (Å²) in [5.41, 5.74) is 1.27. The monoisotopic (exact) mass is 271 g/mol. The summed E-state index contributed by atoms with van der Waals surface area (Å²) in [5.74, 6) is 1.08. The van der Waals surface area contributed by atoms with Gasteiger partial charge in [0, 0.05) is 37.8 Å². The van der Waals surface area contributed by atoms with Crippen LogP contribution in [0.1, 0.15) is 32.8 Å². The van der Waals surface area contributed by atoms with Crippen molar-refractivity contribution in [2.45, 2.75) is 39.8 Å². The average Bonchev–Trinajstić information content (AvgIpc) is 2.44. The number of aromatic nitrogens is 1. The van der Waals surface area contributed by atoms with Gasteiger partial charge in [0.15, 0.2) is 0 Å². The first kappa shape index (κ1) is 14.8. The molecule has 3 nitrogen and oxygen atoms in total. The molecule has 0 fully saturated rings. The van der Waals surface area contributed by atoms with Crippen LogP contribution in [0.3, 0.4) is 0 Å². The van der Waals surface area contributed by atoms with Gasteiger partial charge in [-0.1, -0.05) is 45.0 Å². The van der Waals surface area contributed by atoms with Crippen LogP contribution in [0, 0.1) is 0 Å². The normalized spacial score (nSPS) is 11.2. The minimum absolute atomic E-state index is 0.483. The molecule has 1 N–H and O–H groups in total. The number of anilines is 1. The van der Waals surface area contributed by atoms with Crippen molar-refractivity contribution in [3.8, 4) is 0 Å². The van der Waals surface area contributed by atoms with E-state index in [0.717, 1.165) is 25.3 Å². The number of hydrogen-bond acceptors (Lipinski definition) is 3. The molecular formula is C17H25N3. The SMILES string of the molecule is CCCN(C)c1ncc(CNC(C)C)c2ccccc12. The van der Waals surface area contributed by atoms with Crippen LogP contribution in [0.15, 0.2) is 30.5 Å². The highest BCUT2D eigenvalue weighted by Crippen LogP contribution is 2.26. The summed E-state index contributed by atoms with van der Waals surface area (Å²) >= 11 is 0. The van der Waals surface area contributed by atoms with Gasteiger partial charge in [0.25, 0.3) is 0 Å². The highest BCUT2D eigenvalue weighted by Gasteiger charge is 2.10. The molecule has 0 aliphatic carbocycles. The van der Waals surface area contributed by atoms with Crippen molar-refractivity contribution in [2.24, 2.45) is 0 Å². The Kier molecular flexibility index (Phi) is 4.96. The Balaban J connectivity index is 2.41.